The van der Waals surface area contributed by atoms with Gasteiger partial charge in [-0.05, 0) is 67.0 Å². The molecule has 7 rings (SSSR count). The van der Waals surface area contributed by atoms with Gasteiger partial charge in [0.2, 0.25) is 13.6 Å². The van der Waals surface area contributed by atoms with Crippen LogP contribution < -0.4 is 18.9 Å². The second-order valence-corrected chi connectivity index (χ2v) is 13.3. The molecule has 5 atom stereocenters. The molecular weight excluding hydrogens is 584 g/mol. The number of unbranched alkanes of at least 4 members (excludes halogenated alkanes) is 9. The lowest BCUT2D eigenvalue weighted by atomic mass is 9.85. The van der Waals surface area contributed by atoms with E-state index >= 15 is 0 Å². The normalized spacial score (nSPS) is 25.0. The number of aliphatic carboxylic acids is 1. The zero-order valence-corrected chi connectivity index (χ0v) is 27.0. The fourth-order valence-electron chi connectivity index (χ4n) is 7.45. The Balaban J connectivity index is 0.000000169. The maximum absolute atomic E-state index is 10.3. The minimum absolute atomic E-state index is 0.0218. The standard InChI is InChI=1S/C20H18O6.C18H32O2/c1-3-15-17(25-9-23-15)5-11(1)19-13-7-22-20(14(13)8-21-19)12-2-4-16-18(6-12)26-10-24-16;19-18(20)16-10-8-6-4-2-1-3-5-7-9-13-17-14-11-12-15-17/h1-6,13-14,19-20H,7-10H2;11,14,17H,1-10,12-13,15-16H2,(H,19,20). The van der Waals surface area contributed by atoms with Crippen molar-refractivity contribution in [3.8, 4) is 23.0 Å². The highest BCUT2D eigenvalue weighted by Gasteiger charge is 2.48. The van der Waals surface area contributed by atoms with Crippen LogP contribution in [-0.4, -0.2) is 37.9 Å². The first-order valence-corrected chi connectivity index (χ1v) is 17.6. The number of carboxylic acids is 1. The Kier molecular flexibility index (Phi) is 11.8. The van der Waals surface area contributed by atoms with Gasteiger partial charge in [0.05, 0.1) is 25.4 Å². The lowest BCUT2D eigenvalue weighted by Crippen LogP contribution is -2.14. The molecule has 1 N–H and O–H groups in total. The average molecular weight is 635 g/mol. The molecule has 0 amide bonds. The number of carboxylic acid groups (broad SMARTS) is 1. The minimum Gasteiger partial charge on any atom is -0.481 e. The van der Waals surface area contributed by atoms with Gasteiger partial charge in [0.1, 0.15) is 0 Å². The molecule has 46 heavy (non-hydrogen) atoms. The zero-order chi connectivity index (χ0) is 31.6. The van der Waals surface area contributed by atoms with E-state index in [2.05, 4.69) is 24.3 Å². The van der Waals surface area contributed by atoms with Gasteiger partial charge in [-0.25, -0.2) is 0 Å². The summed E-state index contributed by atoms with van der Waals surface area (Å²) >= 11 is 0. The SMILES string of the molecule is O=C(O)CCCCCCCCCCCCC1C=CCC1.c1cc2c(cc1C1OCC3C(c4ccc5c(c4)OCO5)OCC13)OCO2. The molecule has 2 fully saturated rings. The molecule has 8 nitrogen and oxygen atoms in total. The molecule has 4 aliphatic heterocycles. The molecule has 2 saturated heterocycles. The van der Waals surface area contributed by atoms with E-state index in [-0.39, 0.29) is 25.8 Å². The summed E-state index contributed by atoms with van der Waals surface area (Å²) in [6, 6.07) is 12.1. The molecule has 5 aliphatic rings. The number of carbonyl (C=O) groups is 1. The summed E-state index contributed by atoms with van der Waals surface area (Å²) in [6.45, 7) is 1.93. The second-order valence-electron chi connectivity index (χ2n) is 13.3. The van der Waals surface area contributed by atoms with E-state index in [1.165, 1.54) is 70.6 Å². The quantitative estimate of drug-likeness (QED) is 0.153. The van der Waals surface area contributed by atoms with Gasteiger partial charge in [-0.15, -0.1) is 0 Å². The second kappa shape index (κ2) is 16.6. The van der Waals surface area contributed by atoms with Crippen molar-refractivity contribution in [3.63, 3.8) is 0 Å². The van der Waals surface area contributed by atoms with E-state index in [1.807, 2.05) is 24.3 Å². The van der Waals surface area contributed by atoms with Crippen LogP contribution in [0.5, 0.6) is 23.0 Å². The third kappa shape index (κ3) is 8.56. The lowest BCUT2D eigenvalue weighted by molar-refractivity contribution is -0.137. The average Bonchev–Trinajstić information content (AvgIpc) is 3.90. The van der Waals surface area contributed by atoms with Crippen molar-refractivity contribution < 1.29 is 38.3 Å². The van der Waals surface area contributed by atoms with Crippen molar-refractivity contribution in [2.24, 2.45) is 17.8 Å². The topological polar surface area (TPSA) is 92.7 Å². The van der Waals surface area contributed by atoms with E-state index in [9.17, 15) is 4.79 Å². The van der Waals surface area contributed by atoms with Crippen molar-refractivity contribution in [1.82, 2.24) is 0 Å². The summed E-state index contributed by atoms with van der Waals surface area (Å²) in [4.78, 5) is 10.3. The third-order valence-electron chi connectivity index (χ3n) is 10.0. The first-order valence-electron chi connectivity index (χ1n) is 17.6. The zero-order valence-electron chi connectivity index (χ0n) is 27.0. The number of benzene rings is 2. The smallest absolute Gasteiger partial charge is 0.303 e. The van der Waals surface area contributed by atoms with Crippen LogP contribution in [0.25, 0.3) is 0 Å². The summed E-state index contributed by atoms with van der Waals surface area (Å²) in [5.41, 5.74) is 2.24. The lowest BCUT2D eigenvalue weighted by Gasteiger charge is -2.17. The maximum atomic E-state index is 10.3. The van der Waals surface area contributed by atoms with E-state index in [0.29, 0.717) is 31.5 Å². The molecule has 2 aromatic rings. The summed E-state index contributed by atoms with van der Waals surface area (Å²) in [6.07, 6.45) is 21.9. The van der Waals surface area contributed by atoms with Crippen LogP contribution in [0.4, 0.5) is 0 Å². The molecule has 250 valence electrons. The summed E-state index contributed by atoms with van der Waals surface area (Å²) in [7, 11) is 0. The van der Waals surface area contributed by atoms with Crippen LogP contribution in [0.2, 0.25) is 0 Å². The van der Waals surface area contributed by atoms with Crippen LogP contribution >= 0.6 is 0 Å². The van der Waals surface area contributed by atoms with Gasteiger partial charge in [-0.2, -0.15) is 0 Å². The highest BCUT2D eigenvalue weighted by molar-refractivity contribution is 5.66. The van der Waals surface area contributed by atoms with Gasteiger partial charge in [0.25, 0.3) is 0 Å². The van der Waals surface area contributed by atoms with Gasteiger partial charge in [-0.3, -0.25) is 4.79 Å². The summed E-state index contributed by atoms with van der Waals surface area (Å²) < 4.78 is 34.2. The molecule has 5 unspecified atom stereocenters. The van der Waals surface area contributed by atoms with Crippen molar-refractivity contribution in [3.05, 3.63) is 59.7 Å². The van der Waals surface area contributed by atoms with Crippen LogP contribution in [0.1, 0.15) is 113 Å². The Bertz CT molecular complexity index is 1240. The number of rotatable bonds is 15. The molecule has 4 heterocycles. The van der Waals surface area contributed by atoms with Crippen LogP contribution in [0.3, 0.4) is 0 Å². The van der Waals surface area contributed by atoms with Crippen LogP contribution in [-0.2, 0) is 14.3 Å². The Hall–Kier alpha value is -3.23. The van der Waals surface area contributed by atoms with E-state index in [1.54, 1.807) is 0 Å². The van der Waals surface area contributed by atoms with Crippen molar-refractivity contribution in [1.29, 1.82) is 0 Å². The van der Waals surface area contributed by atoms with Crippen molar-refractivity contribution in [2.75, 3.05) is 26.8 Å². The van der Waals surface area contributed by atoms with Gasteiger partial charge in [0.15, 0.2) is 23.0 Å². The van der Waals surface area contributed by atoms with Crippen LogP contribution in [0, 0.1) is 17.8 Å². The van der Waals surface area contributed by atoms with Crippen molar-refractivity contribution >= 4 is 5.97 Å². The Morgan fingerprint density at radius 3 is 1.65 bits per heavy atom. The fraction of sp³-hybridized carbons (Fsp3) is 0.605. The molecule has 0 bridgehead atoms. The van der Waals surface area contributed by atoms with Gasteiger partial charge >= 0.3 is 5.97 Å². The molecule has 0 radical (unpaired) electrons. The summed E-state index contributed by atoms with van der Waals surface area (Å²) in [5, 5.41) is 8.52. The maximum Gasteiger partial charge on any atom is 0.303 e. The van der Waals surface area contributed by atoms with E-state index < -0.39 is 5.97 Å². The number of hydrogen-bond acceptors (Lipinski definition) is 7. The Morgan fingerprint density at radius 2 is 1.15 bits per heavy atom. The highest BCUT2D eigenvalue weighted by atomic mass is 16.7. The van der Waals surface area contributed by atoms with Gasteiger partial charge < -0.3 is 33.5 Å². The first kappa shape index (κ1) is 32.7. The van der Waals surface area contributed by atoms with Gasteiger partial charge in [-0.1, -0.05) is 82.1 Å². The summed E-state index contributed by atoms with van der Waals surface area (Å²) in [5.74, 6) is 4.06. The molecule has 8 heteroatoms. The highest BCUT2D eigenvalue weighted by Crippen LogP contribution is 2.52. The first-order chi connectivity index (χ1) is 22.7. The predicted molar refractivity (Wildman–Crippen MR) is 174 cm³/mol. The fourth-order valence-corrected chi connectivity index (χ4v) is 7.45. The monoisotopic (exact) mass is 634 g/mol. The molecule has 2 aromatic carbocycles. The minimum atomic E-state index is -0.655. The largest absolute Gasteiger partial charge is 0.481 e. The third-order valence-corrected chi connectivity index (χ3v) is 10.0. The predicted octanol–water partition coefficient (Wildman–Crippen LogP) is 8.94. The molecular formula is C38H50O8. The van der Waals surface area contributed by atoms with Crippen LogP contribution in [0.15, 0.2) is 48.6 Å². The number of allylic oxidation sites excluding steroid dienone is 2. The Labute approximate surface area is 273 Å². The molecule has 0 spiro atoms. The van der Waals surface area contributed by atoms with E-state index in [4.69, 9.17) is 33.5 Å². The number of hydrogen-bond donors (Lipinski definition) is 1. The molecule has 1 aliphatic carbocycles. The molecule has 0 aromatic heterocycles. The van der Waals surface area contributed by atoms with Gasteiger partial charge in [0, 0.05) is 18.3 Å². The molecule has 0 saturated carbocycles. The Morgan fingerprint density at radius 1 is 0.652 bits per heavy atom. The van der Waals surface area contributed by atoms with Crippen molar-refractivity contribution in [2.45, 2.75) is 102 Å². The number of ether oxygens (including phenoxy) is 6. The van der Waals surface area contributed by atoms with E-state index in [0.717, 1.165) is 52.9 Å². The number of fused-ring (bicyclic) bond motifs is 3.